The Bertz CT molecular complexity index is 327. The van der Waals surface area contributed by atoms with E-state index in [9.17, 15) is 0 Å². The van der Waals surface area contributed by atoms with Gasteiger partial charge in [0.15, 0.2) is 0 Å². The molecule has 0 saturated heterocycles. The fourth-order valence-electron chi connectivity index (χ4n) is 2.98. The molecule has 0 bridgehead atoms. The van der Waals surface area contributed by atoms with Gasteiger partial charge >= 0.3 is 8.80 Å². The van der Waals surface area contributed by atoms with Crippen molar-refractivity contribution >= 4 is 8.80 Å². The fourth-order valence-corrected chi connectivity index (χ4v) is 4.78. The number of hydrogen-bond acceptors (Lipinski definition) is 3. The molecule has 22 heavy (non-hydrogen) atoms. The lowest BCUT2D eigenvalue weighted by Gasteiger charge is -2.24. The number of hydrogen-bond donors (Lipinski definition) is 0. The highest BCUT2D eigenvalue weighted by Crippen LogP contribution is 2.19. The Morgan fingerprint density at radius 2 is 1.36 bits per heavy atom. The predicted octanol–water partition coefficient (Wildman–Crippen LogP) is 5.26. The van der Waals surface area contributed by atoms with Gasteiger partial charge in [-0.2, -0.15) is 0 Å². The van der Waals surface area contributed by atoms with Crippen molar-refractivity contribution in [3.05, 3.63) is 23.8 Å². The molecule has 0 heterocycles. The molecule has 4 heteroatoms. The van der Waals surface area contributed by atoms with Crippen LogP contribution in [-0.4, -0.2) is 30.1 Å². The third kappa shape index (κ3) is 7.72. The van der Waals surface area contributed by atoms with Crippen molar-refractivity contribution in [2.24, 2.45) is 0 Å². The van der Waals surface area contributed by atoms with Gasteiger partial charge in [-0.1, -0.05) is 62.3 Å². The molecule has 0 atom stereocenters. The summed E-state index contributed by atoms with van der Waals surface area (Å²) in [6.45, 7) is 0. The Balaban J connectivity index is 1.88. The molecule has 3 nitrogen and oxygen atoms in total. The largest absolute Gasteiger partial charge is 0.500 e. The second-order valence-electron chi connectivity index (χ2n) is 6.04. The minimum Gasteiger partial charge on any atom is -0.377 e. The molecule has 1 rings (SSSR count). The van der Waals surface area contributed by atoms with Gasteiger partial charge in [0.2, 0.25) is 0 Å². The van der Waals surface area contributed by atoms with Gasteiger partial charge in [-0.05, 0) is 25.7 Å². The molecular weight excluding hydrogens is 292 g/mol. The molecule has 1 aliphatic carbocycles. The van der Waals surface area contributed by atoms with Crippen LogP contribution in [0.5, 0.6) is 0 Å². The van der Waals surface area contributed by atoms with Crippen molar-refractivity contribution in [2.45, 2.75) is 70.3 Å². The maximum Gasteiger partial charge on any atom is 0.500 e. The van der Waals surface area contributed by atoms with Crippen LogP contribution in [0.3, 0.4) is 0 Å². The van der Waals surface area contributed by atoms with Crippen LogP contribution in [0.2, 0.25) is 6.04 Å². The van der Waals surface area contributed by atoms with Crippen LogP contribution >= 0.6 is 0 Å². The zero-order valence-electron chi connectivity index (χ0n) is 14.7. The number of allylic oxidation sites excluding steroid dienone is 4. The standard InChI is InChI=1S/C18H34O3Si/c1-19-22(20-2,21-3)17-13-9-7-5-4-6-8-10-14-18-15-11-12-16-18/h11,15-16H,4-10,12-14,17H2,1-3H3. The molecule has 0 spiro atoms. The molecule has 1 aliphatic rings. The summed E-state index contributed by atoms with van der Waals surface area (Å²) >= 11 is 0. The summed E-state index contributed by atoms with van der Waals surface area (Å²) in [5.74, 6) is 0. The Kier molecular flexibility index (Phi) is 10.8. The van der Waals surface area contributed by atoms with Gasteiger partial charge in [-0.3, -0.25) is 0 Å². The van der Waals surface area contributed by atoms with Crippen LogP contribution in [-0.2, 0) is 13.3 Å². The molecule has 0 aromatic heterocycles. The first-order valence-corrected chi connectivity index (χ1v) is 10.7. The summed E-state index contributed by atoms with van der Waals surface area (Å²) in [4.78, 5) is 0. The van der Waals surface area contributed by atoms with Gasteiger partial charge in [0.05, 0.1) is 0 Å². The average Bonchev–Trinajstić information content (AvgIpc) is 3.07. The molecule has 0 saturated carbocycles. The summed E-state index contributed by atoms with van der Waals surface area (Å²) in [7, 11) is 2.75. The maximum atomic E-state index is 5.44. The molecule has 0 aromatic carbocycles. The van der Waals surface area contributed by atoms with Gasteiger partial charge < -0.3 is 13.3 Å². The van der Waals surface area contributed by atoms with Gasteiger partial charge in [0, 0.05) is 27.4 Å². The van der Waals surface area contributed by atoms with Crippen molar-refractivity contribution in [3.63, 3.8) is 0 Å². The first-order chi connectivity index (χ1) is 10.8. The van der Waals surface area contributed by atoms with Crippen LogP contribution in [0.25, 0.3) is 0 Å². The van der Waals surface area contributed by atoms with Gasteiger partial charge in [0.1, 0.15) is 0 Å². The highest BCUT2D eigenvalue weighted by atomic mass is 28.4. The van der Waals surface area contributed by atoms with E-state index in [-0.39, 0.29) is 0 Å². The topological polar surface area (TPSA) is 27.7 Å². The van der Waals surface area contributed by atoms with Crippen molar-refractivity contribution < 1.29 is 13.3 Å². The third-order valence-electron chi connectivity index (χ3n) is 4.48. The summed E-state index contributed by atoms with van der Waals surface area (Å²) in [5.41, 5.74) is 1.54. The van der Waals surface area contributed by atoms with Crippen LogP contribution in [0.4, 0.5) is 0 Å². The molecule has 0 aliphatic heterocycles. The molecule has 0 radical (unpaired) electrons. The van der Waals surface area contributed by atoms with E-state index < -0.39 is 8.80 Å². The minimum absolute atomic E-state index is 0.930. The van der Waals surface area contributed by atoms with E-state index in [1.165, 1.54) is 51.4 Å². The summed E-state index contributed by atoms with van der Waals surface area (Å²) < 4.78 is 16.3. The van der Waals surface area contributed by atoms with E-state index in [0.29, 0.717) is 0 Å². The Morgan fingerprint density at radius 3 is 1.86 bits per heavy atom. The van der Waals surface area contributed by atoms with E-state index in [1.807, 2.05) is 0 Å². The van der Waals surface area contributed by atoms with Gasteiger partial charge in [0.25, 0.3) is 0 Å². The average molecular weight is 327 g/mol. The number of rotatable bonds is 14. The Morgan fingerprint density at radius 1 is 0.818 bits per heavy atom. The lowest BCUT2D eigenvalue weighted by Crippen LogP contribution is -2.42. The number of unbranched alkanes of at least 4 members (excludes halogenated alkanes) is 7. The monoisotopic (exact) mass is 326 g/mol. The van der Waals surface area contributed by atoms with E-state index in [2.05, 4.69) is 18.2 Å². The van der Waals surface area contributed by atoms with Crippen molar-refractivity contribution in [3.8, 4) is 0 Å². The quantitative estimate of drug-likeness (QED) is 0.322. The highest BCUT2D eigenvalue weighted by molar-refractivity contribution is 6.60. The first kappa shape index (κ1) is 19.6. The Hall–Kier alpha value is -0.423. The second kappa shape index (κ2) is 12.1. The SMILES string of the molecule is CO[Si](CCCCCCCCCCC1=CCC=C1)(OC)OC. The molecule has 0 fully saturated rings. The summed E-state index contributed by atoms with van der Waals surface area (Å²) in [5, 5.41) is 0. The second-order valence-corrected chi connectivity index (χ2v) is 9.13. The molecule has 128 valence electrons. The maximum absolute atomic E-state index is 5.44. The van der Waals surface area contributed by atoms with E-state index in [4.69, 9.17) is 13.3 Å². The molecular formula is C18H34O3Si. The first-order valence-electron chi connectivity index (χ1n) is 8.77. The summed E-state index contributed by atoms with van der Waals surface area (Å²) in [6.07, 6.45) is 19.8. The fraction of sp³-hybridized carbons (Fsp3) is 0.778. The highest BCUT2D eigenvalue weighted by Gasteiger charge is 2.36. The molecule has 0 unspecified atom stereocenters. The van der Waals surface area contributed by atoms with E-state index in [0.717, 1.165) is 18.9 Å². The van der Waals surface area contributed by atoms with Crippen molar-refractivity contribution in [1.82, 2.24) is 0 Å². The normalized spacial score (nSPS) is 14.6. The van der Waals surface area contributed by atoms with Crippen LogP contribution in [0.1, 0.15) is 64.2 Å². The molecule has 0 amide bonds. The lowest BCUT2D eigenvalue weighted by atomic mass is 10.0. The third-order valence-corrected chi connectivity index (χ3v) is 7.31. The molecule has 0 N–H and O–H groups in total. The minimum atomic E-state index is -2.33. The van der Waals surface area contributed by atoms with Crippen molar-refractivity contribution in [2.75, 3.05) is 21.3 Å². The van der Waals surface area contributed by atoms with Crippen LogP contribution in [0, 0.1) is 0 Å². The Labute approximate surface area is 138 Å². The summed E-state index contributed by atoms with van der Waals surface area (Å²) in [6, 6.07) is 0.930. The smallest absolute Gasteiger partial charge is 0.377 e. The van der Waals surface area contributed by atoms with Gasteiger partial charge in [-0.25, -0.2) is 0 Å². The lowest BCUT2D eigenvalue weighted by molar-refractivity contribution is 0.122. The zero-order valence-corrected chi connectivity index (χ0v) is 15.7. The van der Waals surface area contributed by atoms with Crippen LogP contribution in [0.15, 0.2) is 23.8 Å². The van der Waals surface area contributed by atoms with Crippen LogP contribution < -0.4 is 0 Å². The van der Waals surface area contributed by atoms with E-state index in [1.54, 1.807) is 26.9 Å². The van der Waals surface area contributed by atoms with Crippen molar-refractivity contribution in [1.29, 1.82) is 0 Å². The zero-order chi connectivity index (χ0) is 16.1. The molecule has 0 aromatic rings. The van der Waals surface area contributed by atoms with Gasteiger partial charge in [-0.15, -0.1) is 0 Å². The van der Waals surface area contributed by atoms with E-state index >= 15 is 0 Å². The predicted molar refractivity (Wildman–Crippen MR) is 95.0 cm³/mol.